The minimum atomic E-state index is -0.627. The van der Waals surface area contributed by atoms with Gasteiger partial charge in [-0.1, -0.05) is 29.4 Å². The van der Waals surface area contributed by atoms with E-state index in [0.717, 1.165) is 24.2 Å². The molecule has 3 heterocycles. The van der Waals surface area contributed by atoms with E-state index in [1.54, 1.807) is 0 Å². The fourth-order valence-corrected chi connectivity index (χ4v) is 2.95. The fourth-order valence-electron chi connectivity index (χ4n) is 2.95. The Bertz CT molecular complexity index is 878. The summed E-state index contributed by atoms with van der Waals surface area (Å²) in [6.45, 7) is 2.84. The molecule has 1 saturated heterocycles. The van der Waals surface area contributed by atoms with Crippen LogP contribution in [0.25, 0.3) is 22.6 Å². The minimum absolute atomic E-state index is 0.111. The molecule has 0 radical (unpaired) electrons. The Morgan fingerprint density at radius 3 is 2.60 bits per heavy atom. The molecule has 0 spiro atoms. The molecule has 25 heavy (non-hydrogen) atoms. The molecular formula is C16H17N7O2. The van der Waals surface area contributed by atoms with Gasteiger partial charge in [0.2, 0.25) is 11.7 Å². The van der Waals surface area contributed by atoms with Crippen molar-refractivity contribution in [3.05, 3.63) is 35.9 Å². The molecular weight excluding hydrogens is 322 g/mol. The summed E-state index contributed by atoms with van der Waals surface area (Å²) in [5.74, 6) is 0.530. The molecule has 0 atom stereocenters. The molecule has 0 unspecified atom stereocenters. The normalized spacial score (nSPS) is 14.9. The Kier molecular flexibility index (Phi) is 3.98. The highest BCUT2D eigenvalue weighted by Crippen LogP contribution is 2.24. The summed E-state index contributed by atoms with van der Waals surface area (Å²) in [5, 5.41) is 14.2. The number of aromatic nitrogens is 5. The van der Waals surface area contributed by atoms with Gasteiger partial charge in [-0.05, 0) is 25.9 Å². The lowest BCUT2D eigenvalue weighted by Crippen LogP contribution is -2.18. The van der Waals surface area contributed by atoms with E-state index in [9.17, 15) is 4.79 Å². The van der Waals surface area contributed by atoms with Gasteiger partial charge >= 0.3 is 0 Å². The van der Waals surface area contributed by atoms with Crippen LogP contribution in [0.5, 0.6) is 0 Å². The van der Waals surface area contributed by atoms with Crippen molar-refractivity contribution >= 4 is 5.91 Å². The summed E-state index contributed by atoms with van der Waals surface area (Å²) in [6.07, 6.45) is 2.44. The fraction of sp³-hybridized carbons (Fsp3) is 0.312. The zero-order chi connectivity index (χ0) is 17.2. The number of nitrogens with two attached hydrogens (primary N) is 1. The third kappa shape index (κ3) is 3.13. The molecule has 4 rings (SSSR count). The summed E-state index contributed by atoms with van der Waals surface area (Å²) in [6, 6.07) is 7.32. The molecule has 1 amide bonds. The SMILES string of the molecule is NC(=O)c1n[nH]nc1-c1ccc(-c2noc(CN3CCCC3)n2)cc1. The molecule has 1 aliphatic rings. The summed E-state index contributed by atoms with van der Waals surface area (Å²) in [7, 11) is 0. The van der Waals surface area contributed by atoms with E-state index in [1.165, 1.54) is 12.8 Å². The Morgan fingerprint density at radius 2 is 1.88 bits per heavy atom. The number of H-pyrrole nitrogens is 1. The number of hydrogen-bond donors (Lipinski definition) is 2. The average Bonchev–Trinajstić information content (AvgIpc) is 3.37. The second-order valence-corrected chi connectivity index (χ2v) is 5.96. The van der Waals surface area contributed by atoms with Crippen LogP contribution in [0.15, 0.2) is 28.8 Å². The van der Waals surface area contributed by atoms with Gasteiger partial charge < -0.3 is 10.3 Å². The first kappa shape index (κ1) is 15.5. The van der Waals surface area contributed by atoms with Gasteiger partial charge in [0.25, 0.3) is 5.91 Å². The van der Waals surface area contributed by atoms with Gasteiger partial charge in [0.15, 0.2) is 5.69 Å². The lowest BCUT2D eigenvalue weighted by Gasteiger charge is -2.09. The van der Waals surface area contributed by atoms with Gasteiger partial charge in [0, 0.05) is 11.1 Å². The predicted octanol–water partition coefficient (Wildman–Crippen LogP) is 1.22. The topological polar surface area (TPSA) is 127 Å². The second kappa shape index (κ2) is 6.44. The molecule has 9 heteroatoms. The molecule has 1 aliphatic heterocycles. The van der Waals surface area contributed by atoms with Gasteiger partial charge in [-0.15, -0.1) is 0 Å². The van der Waals surface area contributed by atoms with Crippen LogP contribution >= 0.6 is 0 Å². The first-order chi connectivity index (χ1) is 12.2. The maximum absolute atomic E-state index is 11.4. The number of hydrogen-bond acceptors (Lipinski definition) is 7. The number of primary amides is 1. The third-order valence-corrected chi connectivity index (χ3v) is 4.22. The van der Waals surface area contributed by atoms with E-state index in [2.05, 4.69) is 30.5 Å². The molecule has 0 bridgehead atoms. The Balaban J connectivity index is 1.53. The average molecular weight is 339 g/mol. The number of carbonyl (C=O) groups is 1. The Hall–Kier alpha value is -3.07. The van der Waals surface area contributed by atoms with Crippen LogP contribution in [0.3, 0.4) is 0 Å². The van der Waals surface area contributed by atoms with Crippen molar-refractivity contribution < 1.29 is 9.32 Å². The van der Waals surface area contributed by atoms with Crippen molar-refractivity contribution in [2.45, 2.75) is 19.4 Å². The van der Waals surface area contributed by atoms with Crippen LogP contribution in [0.2, 0.25) is 0 Å². The van der Waals surface area contributed by atoms with Crippen LogP contribution < -0.4 is 5.73 Å². The van der Waals surface area contributed by atoms with Crippen LogP contribution in [0.1, 0.15) is 29.2 Å². The highest BCUT2D eigenvalue weighted by Gasteiger charge is 2.17. The monoisotopic (exact) mass is 339 g/mol. The van der Waals surface area contributed by atoms with Crippen molar-refractivity contribution in [2.24, 2.45) is 5.73 Å². The second-order valence-electron chi connectivity index (χ2n) is 5.96. The van der Waals surface area contributed by atoms with Gasteiger partial charge in [-0.2, -0.15) is 20.4 Å². The summed E-state index contributed by atoms with van der Waals surface area (Å²) in [4.78, 5) is 18.1. The Labute approximate surface area is 143 Å². The summed E-state index contributed by atoms with van der Waals surface area (Å²) >= 11 is 0. The molecule has 3 aromatic rings. The number of aromatic amines is 1. The van der Waals surface area contributed by atoms with Crippen LogP contribution in [-0.2, 0) is 6.54 Å². The zero-order valence-electron chi connectivity index (χ0n) is 13.5. The van der Waals surface area contributed by atoms with E-state index in [0.29, 0.717) is 24.0 Å². The lowest BCUT2D eigenvalue weighted by atomic mass is 10.1. The van der Waals surface area contributed by atoms with Gasteiger partial charge in [-0.3, -0.25) is 9.69 Å². The lowest BCUT2D eigenvalue weighted by molar-refractivity contribution is 0.0996. The van der Waals surface area contributed by atoms with E-state index in [1.807, 2.05) is 24.3 Å². The van der Waals surface area contributed by atoms with Crippen molar-refractivity contribution in [3.8, 4) is 22.6 Å². The third-order valence-electron chi connectivity index (χ3n) is 4.22. The number of carbonyl (C=O) groups excluding carboxylic acids is 1. The quantitative estimate of drug-likeness (QED) is 0.715. The smallest absolute Gasteiger partial charge is 0.271 e. The van der Waals surface area contributed by atoms with Crippen molar-refractivity contribution in [3.63, 3.8) is 0 Å². The molecule has 1 aromatic carbocycles. The first-order valence-electron chi connectivity index (χ1n) is 8.07. The maximum atomic E-state index is 11.4. The summed E-state index contributed by atoms with van der Waals surface area (Å²) in [5.41, 5.74) is 7.37. The maximum Gasteiger partial charge on any atom is 0.271 e. The van der Waals surface area contributed by atoms with E-state index >= 15 is 0 Å². The van der Waals surface area contributed by atoms with Gasteiger partial charge in [-0.25, -0.2) is 0 Å². The molecule has 9 nitrogen and oxygen atoms in total. The Morgan fingerprint density at radius 1 is 1.16 bits per heavy atom. The number of likely N-dealkylation sites (tertiary alicyclic amines) is 1. The van der Waals surface area contributed by atoms with Crippen molar-refractivity contribution in [2.75, 3.05) is 13.1 Å². The molecule has 1 fully saturated rings. The van der Waals surface area contributed by atoms with Crippen LogP contribution in [-0.4, -0.2) is 49.4 Å². The van der Waals surface area contributed by atoms with E-state index in [-0.39, 0.29) is 5.69 Å². The number of benzene rings is 1. The molecule has 2 aromatic heterocycles. The zero-order valence-corrected chi connectivity index (χ0v) is 13.5. The van der Waals surface area contributed by atoms with Gasteiger partial charge in [0.05, 0.1) is 6.54 Å². The van der Waals surface area contributed by atoms with E-state index < -0.39 is 5.91 Å². The van der Waals surface area contributed by atoms with Crippen molar-refractivity contribution in [1.29, 1.82) is 0 Å². The van der Waals surface area contributed by atoms with Crippen molar-refractivity contribution in [1.82, 2.24) is 30.5 Å². The first-order valence-corrected chi connectivity index (χ1v) is 8.07. The highest BCUT2D eigenvalue weighted by atomic mass is 16.5. The predicted molar refractivity (Wildman–Crippen MR) is 88.1 cm³/mol. The van der Waals surface area contributed by atoms with Crippen LogP contribution in [0, 0.1) is 0 Å². The molecule has 0 aliphatic carbocycles. The minimum Gasteiger partial charge on any atom is -0.364 e. The molecule has 3 N–H and O–H groups in total. The van der Waals surface area contributed by atoms with Gasteiger partial charge in [0.1, 0.15) is 5.69 Å². The van der Waals surface area contributed by atoms with E-state index in [4.69, 9.17) is 10.3 Å². The molecule has 0 saturated carbocycles. The number of nitrogens with one attached hydrogen (secondary N) is 1. The number of rotatable bonds is 5. The molecule has 128 valence electrons. The number of amides is 1. The highest BCUT2D eigenvalue weighted by molar-refractivity contribution is 5.96. The van der Waals surface area contributed by atoms with Crippen LogP contribution in [0.4, 0.5) is 0 Å². The standard InChI is InChI=1S/C16H17N7O2/c17-15(24)14-13(19-22-20-14)10-3-5-11(6-4-10)16-18-12(25-21-16)9-23-7-1-2-8-23/h3-6H,1-2,7-9H2,(H2,17,24)(H,19,20,22). The largest absolute Gasteiger partial charge is 0.364 e. The summed E-state index contributed by atoms with van der Waals surface area (Å²) < 4.78 is 5.34. The number of nitrogens with zero attached hydrogens (tertiary/aromatic N) is 5.